The quantitative estimate of drug-likeness (QED) is 0.869. The molecule has 1 atom stereocenters. The molecule has 1 N–H and O–H groups in total. The number of hydrogen-bond donors (Lipinski definition) is 1. The van der Waals surface area contributed by atoms with Crippen molar-refractivity contribution in [3.8, 4) is 5.75 Å². The standard InChI is InChI=1S/C15H14N3O3/c19-18-7-10(6-14-16-4-5-17-14)15-12(18)2-1-3-13(15)21-9-11-8-20-11/h1-6,11H,7-9H2,(H,16,17)/q-1. The molecule has 21 heavy (non-hydrogen) atoms. The van der Waals surface area contributed by atoms with Crippen molar-refractivity contribution in [2.75, 3.05) is 24.8 Å². The van der Waals surface area contributed by atoms with E-state index < -0.39 is 0 Å². The molecule has 1 aromatic heterocycles. The van der Waals surface area contributed by atoms with Crippen LogP contribution in [-0.2, 0) is 4.74 Å². The van der Waals surface area contributed by atoms with E-state index >= 15 is 0 Å². The van der Waals surface area contributed by atoms with Crippen molar-refractivity contribution in [3.05, 3.63) is 47.2 Å². The number of H-pyrrole nitrogens is 1. The number of nitrogens with one attached hydrogen (secondary N) is 1. The number of rotatable bonds is 4. The summed E-state index contributed by atoms with van der Waals surface area (Å²) in [5.41, 5.74) is 2.40. The van der Waals surface area contributed by atoms with Gasteiger partial charge in [-0.25, -0.2) is 4.98 Å². The second-order valence-corrected chi connectivity index (χ2v) is 5.10. The van der Waals surface area contributed by atoms with Crippen molar-refractivity contribution in [1.29, 1.82) is 0 Å². The molecule has 1 aromatic carbocycles. The first kappa shape index (κ1) is 12.4. The molecule has 2 aliphatic rings. The van der Waals surface area contributed by atoms with Crippen LogP contribution in [0.5, 0.6) is 5.75 Å². The Kier molecular flexibility index (Phi) is 2.90. The molecule has 0 amide bonds. The van der Waals surface area contributed by atoms with Gasteiger partial charge < -0.3 is 24.7 Å². The molecule has 0 radical (unpaired) electrons. The number of aromatic amines is 1. The van der Waals surface area contributed by atoms with Gasteiger partial charge in [0, 0.05) is 30.2 Å². The van der Waals surface area contributed by atoms with Crippen molar-refractivity contribution >= 4 is 17.3 Å². The predicted molar refractivity (Wildman–Crippen MR) is 78.8 cm³/mol. The van der Waals surface area contributed by atoms with Gasteiger partial charge in [0.1, 0.15) is 24.3 Å². The predicted octanol–water partition coefficient (Wildman–Crippen LogP) is 2.05. The highest BCUT2D eigenvalue weighted by Crippen LogP contribution is 2.42. The van der Waals surface area contributed by atoms with Gasteiger partial charge in [-0.3, -0.25) is 0 Å². The number of fused-ring (bicyclic) bond motifs is 1. The highest BCUT2D eigenvalue weighted by Gasteiger charge is 2.26. The second kappa shape index (κ2) is 4.91. The SMILES string of the molecule is [O-]N1CC(=Cc2ncc[nH]2)c2c(OCC3CO3)cccc21. The van der Waals surface area contributed by atoms with Gasteiger partial charge in [0.25, 0.3) is 0 Å². The minimum atomic E-state index is 0.183. The Morgan fingerprint density at radius 3 is 3.19 bits per heavy atom. The Balaban J connectivity index is 1.71. The van der Waals surface area contributed by atoms with Crippen LogP contribution in [0.15, 0.2) is 30.6 Å². The van der Waals surface area contributed by atoms with Crippen molar-refractivity contribution in [3.63, 3.8) is 0 Å². The summed E-state index contributed by atoms with van der Waals surface area (Å²) >= 11 is 0. The number of imidazole rings is 1. The van der Waals surface area contributed by atoms with Gasteiger partial charge in [0.2, 0.25) is 0 Å². The fraction of sp³-hybridized carbons (Fsp3) is 0.267. The minimum Gasteiger partial charge on any atom is -0.758 e. The second-order valence-electron chi connectivity index (χ2n) is 5.10. The zero-order chi connectivity index (χ0) is 14.2. The first-order chi connectivity index (χ1) is 10.3. The Hall–Kier alpha value is -2.31. The maximum atomic E-state index is 12.1. The van der Waals surface area contributed by atoms with Crippen LogP contribution < -0.4 is 9.80 Å². The number of hydrogen-bond acceptors (Lipinski definition) is 5. The van der Waals surface area contributed by atoms with Gasteiger partial charge in [-0.1, -0.05) is 6.07 Å². The first-order valence-electron chi connectivity index (χ1n) is 6.83. The molecule has 0 aliphatic carbocycles. The summed E-state index contributed by atoms with van der Waals surface area (Å²) < 4.78 is 11.0. The van der Waals surface area contributed by atoms with E-state index in [-0.39, 0.29) is 6.10 Å². The van der Waals surface area contributed by atoms with E-state index in [9.17, 15) is 5.21 Å². The van der Waals surface area contributed by atoms with E-state index in [1.165, 1.54) is 0 Å². The van der Waals surface area contributed by atoms with Gasteiger partial charge in [0.05, 0.1) is 6.61 Å². The maximum Gasteiger partial charge on any atom is 0.130 e. The molecule has 6 heteroatoms. The first-order valence-corrected chi connectivity index (χ1v) is 6.83. The topological polar surface area (TPSA) is 76.7 Å². The molecule has 1 saturated heterocycles. The monoisotopic (exact) mass is 284 g/mol. The zero-order valence-corrected chi connectivity index (χ0v) is 11.3. The van der Waals surface area contributed by atoms with Crippen LogP contribution in [0.25, 0.3) is 11.6 Å². The lowest BCUT2D eigenvalue weighted by Crippen LogP contribution is -2.09. The van der Waals surface area contributed by atoms with Crippen LogP contribution in [0, 0.1) is 5.21 Å². The van der Waals surface area contributed by atoms with E-state index in [0.717, 1.165) is 34.4 Å². The minimum absolute atomic E-state index is 0.183. The lowest BCUT2D eigenvalue weighted by molar-refractivity contribution is 0.262. The summed E-state index contributed by atoms with van der Waals surface area (Å²) in [6.45, 7) is 1.57. The molecule has 1 unspecified atom stereocenters. The molecule has 0 saturated carbocycles. The summed E-state index contributed by atoms with van der Waals surface area (Å²) in [6, 6.07) is 5.53. The fourth-order valence-corrected chi connectivity index (χ4v) is 2.48. The molecule has 3 heterocycles. The van der Waals surface area contributed by atoms with Crippen LogP contribution in [0.3, 0.4) is 0 Å². The smallest absolute Gasteiger partial charge is 0.130 e. The highest BCUT2D eigenvalue weighted by molar-refractivity contribution is 5.95. The molecule has 0 spiro atoms. The average Bonchev–Trinajstić information content (AvgIpc) is 3.08. The number of benzene rings is 1. The van der Waals surface area contributed by atoms with Gasteiger partial charge in [-0.05, 0) is 23.8 Å². The van der Waals surface area contributed by atoms with Crippen molar-refractivity contribution in [1.82, 2.24) is 9.97 Å². The third-order valence-electron chi connectivity index (χ3n) is 3.57. The number of epoxide rings is 1. The molecule has 0 bridgehead atoms. The maximum absolute atomic E-state index is 12.1. The van der Waals surface area contributed by atoms with E-state index in [2.05, 4.69) is 9.97 Å². The zero-order valence-electron chi connectivity index (χ0n) is 11.3. The summed E-state index contributed by atoms with van der Waals surface area (Å²) in [6.07, 6.45) is 5.51. The largest absolute Gasteiger partial charge is 0.758 e. The van der Waals surface area contributed by atoms with Crippen LogP contribution >= 0.6 is 0 Å². The Bertz CT molecular complexity index is 677. The van der Waals surface area contributed by atoms with E-state index in [0.29, 0.717) is 18.8 Å². The number of anilines is 1. The van der Waals surface area contributed by atoms with E-state index in [4.69, 9.17) is 9.47 Å². The molecule has 2 aliphatic heterocycles. The summed E-state index contributed by atoms with van der Waals surface area (Å²) in [7, 11) is 0. The van der Waals surface area contributed by atoms with Gasteiger partial charge in [-0.15, -0.1) is 0 Å². The van der Waals surface area contributed by atoms with E-state index in [1.54, 1.807) is 12.4 Å². The fourth-order valence-electron chi connectivity index (χ4n) is 2.48. The van der Waals surface area contributed by atoms with Crippen molar-refractivity contribution in [2.24, 2.45) is 0 Å². The lowest BCUT2D eigenvalue weighted by atomic mass is 10.1. The van der Waals surface area contributed by atoms with Crippen molar-refractivity contribution < 1.29 is 9.47 Å². The number of aromatic nitrogens is 2. The molecule has 1 fully saturated rings. The van der Waals surface area contributed by atoms with Gasteiger partial charge >= 0.3 is 0 Å². The summed E-state index contributed by atoms with van der Waals surface area (Å²) in [5, 5.41) is 13.0. The average molecular weight is 284 g/mol. The van der Waals surface area contributed by atoms with Crippen LogP contribution in [0.1, 0.15) is 11.4 Å². The van der Waals surface area contributed by atoms with Gasteiger partial charge in [0.15, 0.2) is 0 Å². The molecule has 6 nitrogen and oxygen atoms in total. The molecule has 4 rings (SSSR count). The number of ether oxygens (including phenoxy) is 2. The summed E-state index contributed by atoms with van der Waals surface area (Å²) in [5.74, 6) is 1.45. The number of nitrogens with zero attached hydrogens (tertiary/aromatic N) is 2. The van der Waals surface area contributed by atoms with Crippen LogP contribution in [-0.4, -0.2) is 35.8 Å². The molecular weight excluding hydrogens is 270 g/mol. The van der Waals surface area contributed by atoms with Crippen molar-refractivity contribution in [2.45, 2.75) is 6.10 Å². The third kappa shape index (κ3) is 2.39. The van der Waals surface area contributed by atoms with Crippen LogP contribution in [0.2, 0.25) is 0 Å². The summed E-state index contributed by atoms with van der Waals surface area (Å²) in [4.78, 5) is 7.20. The highest BCUT2D eigenvalue weighted by atomic mass is 16.6. The Morgan fingerprint density at radius 1 is 1.52 bits per heavy atom. The molecule has 2 aromatic rings. The normalized spacial score (nSPS) is 21.7. The lowest BCUT2D eigenvalue weighted by Gasteiger charge is -2.24. The third-order valence-corrected chi connectivity index (χ3v) is 3.57. The molecule has 108 valence electrons. The van der Waals surface area contributed by atoms with E-state index in [1.807, 2.05) is 24.3 Å². The van der Waals surface area contributed by atoms with Crippen LogP contribution in [0.4, 0.5) is 5.69 Å². The number of hydroxylamine groups is 1. The Labute approximate surface area is 121 Å². The molecular formula is C15H14N3O3-. The Morgan fingerprint density at radius 2 is 2.43 bits per heavy atom. The van der Waals surface area contributed by atoms with Gasteiger partial charge in [-0.2, -0.15) is 0 Å².